The number of anilines is 1. The largest absolute Gasteiger partial charge is 0.369 e. The van der Waals surface area contributed by atoms with Crippen molar-refractivity contribution in [2.45, 2.75) is 36.5 Å². The van der Waals surface area contributed by atoms with Crippen LogP contribution >= 0.6 is 39.5 Å². The van der Waals surface area contributed by atoms with Crippen LogP contribution in [0.2, 0.25) is 0 Å². The summed E-state index contributed by atoms with van der Waals surface area (Å²) in [5.41, 5.74) is 0. The quantitative estimate of drug-likeness (QED) is 0.895. The summed E-state index contributed by atoms with van der Waals surface area (Å²) in [6.45, 7) is 7.53. The molecule has 18 heavy (non-hydrogen) atoms. The van der Waals surface area contributed by atoms with Gasteiger partial charge in [-0.2, -0.15) is 11.8 Å². The summed E-state index contributed by atoms with van der Waals surface area (Å²) in [4.78, 5) is 9.11. The first kappa shape index (κ1) is 14.5. The van der Waals surface area contributed by atoms with Gasteiger partial charge < -0.3 is 5.32 Å². The van der Waals surface area contributed by atoms with Gasteiger partial charge in [0.25, 0.3) is 0 Å². The zero-order valence-electron chi connectivity index (χ0n) is 10.8. The van der Waals surface area contributed by atoms with E-state index in [1.807, 2.05) is 29.7 Å². The van der Waals surface area contributed by atoms with Crippen molar-refractivity contribution >= 4 is 45.3 Å². The summed E-state index contributed by atoms with van der Waals surface area (Å²) in [6.07, 6.45) is 1.86. The van der Waals surface area contributed by atoms with Gasteiger partial charge in [0.15, 0.2) is 0 Å². The van der Waals surface area contributed by atoms with Gasteiger partial charge in [-0.15, -0.1) is 11.8 Å². The van der Waals surface area contributed by atoms with E-state index in [1.165, 1.54) is 0 Å². The van der Waals surface area contributed by atoms with Gasteiger partial charge in [0.2, 0.25) is 0 Å². The molecule has 1 aliphatic heterocycles. The van der Waals surface area contributed by atoms with E-state index in [-0.39, 0.29) is 0 Å². The minimum Gasteiger partial charge on any atom is -0.369 e. The molecule has 0 radical (unpaired) electrons. The number of halogens is 1. The fourth-order valence-corrected chi connectivity index (χ4v) is 4.93. The van der Waals surface area contributed by atoms with Crippen molar-refractivity contribution in [1.29, 1.82) is 0 Å². The lowest BCUT2D eigenvalue weighted by Crippen LogP contribution is -2.23. The number of nitrogens with zero attached hydrogens (tertiary/aromatic N) is 2. The molecule has 1 aliphatic rings. The van der Waals surface area contributed by atoms with Crippen LogP contribution in [0.5, 0.6) is 0 Å². The Hall–Kier alpha value is 0.0600. The maximum absolute atomic E-state index is 4.64. The first-order valence-corrected chi connectivity index (χ1v) is 8.93. The first-order valence-electron chi connectivity index (χ1n) is 6.15. The minimum absolute atomic E-state index is 0.409. The molecule has 1 saturated heterocycles. The van der Waals surface area contributed by atoms with Crippen molar-refractivity contribution < 1.29 is 0 Å². The Bertz CT molecular complexity index is 416. The second kappa shape index (κ2) is 6.48. The normalized spacial score (nSPS) is 28.1. The van der Waals surface area contributed by atoms with Crippen LogP contribution in [0, 0.1) is 0 Å². The van der Waals surface area contributed by atoms with Crippen LogP contribution in [0.25, 0.3) is 0 Å². The van der Waals surface area contributed by atoms with Crippen LogP contribution in [0.1, 0.15) is 31.8 Å². The molecule has 0 bridgehead atoms. The van der Waals surface area contributed by atoms with Crippen molar-refractivity contribution in [3.8, 4) is 0 Å². The average Bonchev–Trinajstić information content (AvgIpc) is 2.36. The maximum Gasteiger partial charge on any atom is 0.144 e. The van der Waals surface area contributed by atoms with E-state index in [9.17, 15) is 0 Å². The molecule has 6 heteroatoms. The molecule has 1 aromatic heterocycles. The van der Waals surface area contributed by atoms with E-state index in [1.54, 1.807) is 0 Å². The first-order chi connectivity index (χ1) is 8.61. The van der Waals surface area contributed by atoms with E-state index in [0.717, 1.165) is 33.7 Å². The molecule has 0 saturated carbocycles. The molecule has 3 unspecified atom stereocenters. The predicted octanol–water partition coefficient (Wildman–Crippen LogP) is 3.97. The number of nitrogens with one attached hydrogen (secondary N) is 1. The second-order valence-electron chi connectivity index (χ2n) is 4.32. The van der Waals surface area contributed by atoms with Gasteiger partial charge in [-0.1, -0.05) is 13.8 Å². The molecule has 1 aromatic rings. The van der Waals surface area contributed by atoms with Crippen LogP contribution in [-0.2, 0) is 0 Å². The molecule has 2 heterocycles. The minimum atomic E-state index is 0.409. The van der Waals surface area contributed by atoms with Crippen LogP contribution in [0.4, 0.5) is 5.82 Å². The summed E-state index contributed by atoms with van der Waals surface area (Å²) in [7, 11) is 0. The summed E-state index contributed by atoms with van der Waals surface area (Å²) >= 11 is 7.49. The molecule has 1 N–H and O–H groups in total. The fraction of sp³-hybridized carbons (Fsp3) is 0.667. The molecule has 0 aliphatic carbocycles. The molecule has 2 rings (SSSR count). The lowest BCUT2D eigenvalue weighted by molar-refractivity contribution is 0.857. The van der Waals surface area contributed by atoms with E-state index in [0.29, 0.717) is 10.5 Å². The Labute approximate surface area is 125 Å². The second-order valence-corrected chi connectivity index (χ2v) is 8.17. The van der Waals surface area contributed by atoms with Crippen LogP contribution in [0.15, 0.2) is 10.7 Å². The fourth-order valence-electron chi connectivity index (χ4n) is 1.75. The van der Waals surface area contributed by atoms with Crippen molar-refractivity contribution in [3.63, 3.8) is 0 Å². The molecule has 3 atom stereocenters. The lowest BCUT2D eigenvalue weighted by atomic mass is 10.3. The van der Waals surface area contributed by atoms with Crippen LogP contribution in [0.3, 0.4) is 0 Å². The summed E-state index contributed by atoms with van der Waals surface area (Å²) < 4.78 is 0.933. The monoisotopic (exact) mass is 347 g/mol. The highest BCUT2D eigenvalue weighted by atomic mass is 79.9. The summed E-state index contributed by atoms with van der Waals surface area (Å²) in [5.74, 6) is 2.95. The Balaban J connectivity index is 2.15. The van der Waals surface area contributed by atoms with Gasteiger partial charge in [-0.05, 0) is 22.9 Å². The van der Waals surface area contributed by atoms with Crippen molar-refractivity contribution in [3.05, 3.63) is 16.5 Å². The van der Waals surface area contributed by atoms with E-state index in [4.69, 9.17) is 0 Å². The van der Waals surface area contributed by atoms with E-state index >= 15 is 0 Å². The van der Waals surface area contributed by atoms with E-state index < -0.39 is 0 Å². The molecule has 100 valence electrons. The van der Waals surface area contributed by atoms with Gasteiger partial charge >= 0.3 is 0 Å². The highest BCUT2D eigenvalue weighted by Gasteiger charge is 2.28. The molecule has 0 amide bonds. The lowest BCUT2D eigenvalue weighted by Gasteiger charge is -2.30. The van der Waals surface area contributed by atoms with Gasteiger partial charge in [0.05, 0.1) is 9.72 Å². The van der Waals surface area contributed by atoms with Crippen molar-refractivity contribution in [2.24, 2.45) is 0 Å². The summed E-state index contributed by atoms with van der Waals surface area (Å²) in [6, 6.07) is 0. The topological polar surface area (TPSA) is 37.8 Å². The molecule has 0 aromatic carbocycles. The number of thioether (sulfide) groups is 2. The standard InChI is InChI=1S/C12H18BrN3S2/c1-4-14-11-9(13)5-15-12(16-11)10-6-17-7(2)8(3)18-10/h5,7-8,10H,4,6H2,1-3H3,(H,14,15,16). The highest BCUT2D eigenvalue weighted by Crippen LogP contribution is 2.43. The Morgan fingerprint density at radius 3 is 2.89 bits per heavy atom. The Kier molecular flexibility index (Phi) is 5.21. The van der Waals surface area contributed by atoms with E-state index in [2.05, 4.69) is 52.0 Å². The number of aromatic nitrogens is 2. The van der Waals surface area contributed by atoms with Gasteiger partial charge in [-0.25, -0.2) is 9.97 Å². The zero-order valence-corrected chi connectivity index (χ0v) is 14.0. The van der Waals surface area contributed by atoms with Crippen LogP contribution in [-0.4, -0.2) is 32.8 Å². The van der Waals surface area contributed by atoms with Gasteiger partial charge in [-0.3, -0.25) is 0 Å². The zero-order chi connectivity index (χ0) is 13.1. The van der Waals surface area contributed by atoms with Crippen molar-refractivity contribution in [2.75, 3.05) is 17.6 Å². The number of hydrogen-bond acceptors (Lipinski definition) is 5. The number of hydrogen-bond donors (Lipinski definition) is 1. The average molecular weight is 348 g/mol. The Morgan fingerprint density at radius 1 is 1.44 bits per heavy atom. The molecule has 3 nitrogen and oxygen atoms in total. The molecular formula is C12H18BrN3S2. The molecule has 1 fully saturated rings. The highest BCUT2D eigenvalue weighted by molar-refractivity contribution is 9.10. The number of rotatable bonds is 3. The van der Waals surface area contributed by atoms with Gasteiger partial charge in [0.1, 0.15) is 11.6 Å². The SMILES string of the molecule is CCNc1nc(C2CSC(C)C(C)S2)ncc1Br. The predicted molar refractivity (Wildman–Crippen MR) is 85.6 cm³/mol. The third kappa shape index (κ3) is 3.33. The van der Waals surface area contributed by atoms with Crippen LogP contribution < -0.4 is 5.32 Å². The third-order valence-corrected chi connectivity index (χ3v) is 6.91. The summed E-state index contributed by atoms with van der Waals surface area (Å²) in [5, 5.41) is 5.04. The molecular weight excluding hydrogens is 330 g/mol. The molecule has 0 spiro atoms. The van der Waals surface area contributed by atoms with Crippen molar-refractivity contribution in [1.82, 2.24) is 9.97 Å². The van der Waals surface area contributed by atoms with Gasteiger partial charge in [0, 0.05) is 29.0 Å². The Morgan fingerprint density at radius 2 is 2.22 bits per heavy atom. The smallest absolute Gasteiger partial charge is 0.144 e. The third-order valence-electron chi connectivity index (χ3n) is 2.95. The maximum atomic E-state index is 4.64.